The molecule has 6 heteroatoms. The van der Waals surface area contributed by atoms with E-state index in [9.17, 15) is 0 Å². The predicted octanol–water partition coefficient (Wildman–Crippen LogP) is 3.78. The molecule has 0 amide bonds. The standard InChI is InChI=1S/C10H6ClN3S2/c11-7-3-1-6(2-4-7)8-9(13-5-15)16-10(12)14-8/h1-4H,(H2,12,14). The van der Waals surface area contributed by atoms with Gasteiger partial charge in [0.15, 0.2) is 10.1 Å². The maximum atomic E-state index is 5.81. The van der Waals surface area contributed by atoms with Crippen LogP contribution in [-0.4, -0.2) is 10.1 Å². The van der Waals surface area contributed by atoms with Crippen LogP contribution in [-0.2, 0) is 0 Å². The molecule has 1 heterocycles. The first kappa shape index (κ1) is 11.2. The number of nitrogens with two attached hydrogens (primary N) is 1. The van der Waals surface area contributed by atoms with E-state index in [-0.39, 0.29) is 0 Å². The molecule has 0 bridgehead atoms. The fourth-order valence-electron chi connectivity index (χ4n) is 1.24. The molecule has 0 aliphatic rings. The fraction of sp³-hybridized carbons (Fsp3) is 0. The number of aromatic nitrogens is 1. The summed E-state index contributed by atoms with van der Waals surface area (Å²) in [6.45, 7) is 0. The molecule has 0 aliphatic heterocycles. The number of aliphatic imine (C=N–C) groups is 1. The minimum Gasteiger partial charge on any atom is -0.375 e. The second-order valence-corrected chi connectivity index (χ2v) is 4.54. The molecule has 1 aromatic carbocycles. The first-order valence-electron chi connectivity index (χ1n) is 4.31. The summed E-state index contributed by atoms with van der Waals surface area (Å²) in [6, 6.07) is 7.30. The maximum Gasteiger partial charge on any atom is 0.182 e. The highest BCUT2D eigenvalue weighted by Crippen LogP contribution is 2.36. The summed E-state index contributed by atoms with van der Waals surface area (Å²) >= 11 is 11.7. The number of rotatable bonds is 2. The maximum absolute atomic E-state index is 5.81. The number of hydrogen-bond donors (Lipinski definition) is 1. The van der Waals surface area contributed by atoms with Crippen molar-refractivity contribution in [3.05, 3.63) is 29.3 Å². The SMILES string of the molecule is Nc1nc(-c2ccc(Cl)cc2)c(N=C=S)s1. The van der Waals surface area contributed by atoms with Gasteiger partial charge in [-0.2, -0.15) is 4.99 Å². The number of anilines is 1. The lowest BCUT2D eigenvalue weighted by atomic mass is 10.2. The molecule has 0 unspecified atom stereocenters. The van der Waals surface area contributed by atoms with E-state index in [0.717, 1.165) is 5.56 Å². The van der Waals surface area contributed by atoms with E-state index in [1.54, 1.807) is 12.1 Å². The molecule has 3 nitrogen and oxygen atoms in total. The summed E-state index contributed by atoms with van der Waals surface area (Å²) in [6.07, 6.45) is 0. The number of thiocarbonyl (C=S) groups is 1. The number of nitrogen functional groups attached to an aromatic ring is 1. The van der Waals surface area contributed by atoms with E-state index in [2.05, 4.69) is 27.4 Å². The minimum absolute atomic E-state index is 0.453. The van der Waals surface area contributed by atoms with Crippen LogP contribution in [0.15, 0.2) is 29.3 Å². The lowest BCUT2D eigenvalue weighted by Gasteiger charge is -1.97. The number of nitrogens with zero attached hydrogens (tertiary/aromatic N) is 2. The van der Waals surface area contributed by atoms with Crippen molar-refractivity contribution in [1.29, 1.82) is 0 Å². The third kappa shape index (κ3) is 2.28. The van der Waals surface area contributed by atoms with E-state index in [1.807, 2.05) is 12.1 Å². The van der Waals surface area contributed by atoms with Crippen molar-refractivity contribution >= 4 is 50.4 Å². The van der Waals surface area contributed by atoms with Crippen LogP contribution in [0.1, 0.15) is 0 Å². The van der Waals surface area contributed by atoms with E-state index in [4.69, 9.17) is 17.3 Å². The molecular formula is C10H6ClN3S2. The molecule has 16 heavy (non-hydrogen) atoms. The Morgan fingerprint density at radius 3 is 2.69 bits per heavy atom. The molecule has 0 saturated heterocycles. The second-order valence-electron chi connectivity index (χ2n) is 2.92. The van der Waals surface area contributed by atoms with Crippen molar-refractivity contribution in [2.75, 3.05) is 5.73 Å². The average Bonchev–Trinajstić information content (AvgIpc) is 2.61. The molecule has 0 radical (unpaired) electrons. The van der Waals surface area contributed by atoms with Crippen molar-refractivity contribution in [1.82, 2.24) is 4.98 Å². The highest BCUT2D eigenvalue weighted by atomic mass is 35.5. The van der Waals surface area contributed by atoms with Crippen LogP contribution < -0.4 is 5.73 Å². The fourth-order valence-corrected chi connectivity index (χ4v) is 2.20. The topological polar surface area (TPSA) is 51.3 Å². The van der Waals surface area contributed by atoms with Crippen LogP contribution in [0.2, 0.25) is 5.02 Å². The highest BCUT2D eigenvalue weighted by molar-refractivity contribution is 7.78. The first-order chi connectivity index (χ1) is 7.70. The van der Waals surface area contributed by atoms with E-state index in [0.29, 0.717) is 20.8 Å². The number of benzene rings is 1. The van der Waals surface area contributed by atoms with Gasteiger partial charge in [0, 0.05) is 10.6 Å². The second kappa shape index (κ2) is 4.72. The van der Waals surface area contributed by atoms with Crippen molar-refractivity contribution in [3.8, 4) is 11.3 Å². The highest BCUT2D eigenvalue weighted by Gasteiger charge is 2.10. The summed E-state index contributed by atoms with van der Waals surface area (Å²) in [7, 11) is 0. The monoisotopic (exact) mass is 267 g/mol. The van der Waals surface area contributed by atoms with Crippen molar-refractivity contribution in [3.63, 3.8) is 0 Å². The Hall–Kier alpha value is -1.26. The molecule has 0 saturated carbocycles. The summed E-state index contributed by atoms with van der Waals surface area (Å²) < 4.78 is 0. The predicted molar refractivity (Wildman–Crippen MR) is 71.7 cm³/mol. The van der Waals surface area contributed by atoms with Crippen LogP contribution in [0.25, 0.3) is 11.3 Å². The van der Waals surface area contributed by atoms with E-state index < -0.39 is 0 Å². The molecular weight excluding hydrogens is 262 g/mol. The first-order valence-corrected chi connectivity index (χ1v) is 5.91. The number of halogens is 1. The molecule has 0 fully saturated rings. The Balaban J connectivity index is 2.54. The minimum atomic E-state index is 0.453. The molecule has 2 aromatic rings. The van der Waals surface area contributed by atoms with Gasteiger partial charge in [-0.25, -0.2) is 4.98 Å². The average molecular weight is 268 g/mol. The van der Waals surface area contributed by atoms with Gasteiger partial charge in [-0.1, -0.05) is 35.1 Å². The van der Waals surface area contributed by atoms with Crippen LogP contribution in [0.5, 0.6) is 0 Å². The van der Waals surface area contributed by atoms with Gasteiger partial charge >= 0.3 is 0 Å². The normalized spacial score (nSPS) is 9.81. The Morgan fingerprint density at radius 2 is 2.06 bits per heavy atom. The third-order valence-corrected chi connectivity index (χ3v) is 3.01. The van der Waals surface area contributed by atoms with Gasteiger partial charge in [-0.05, 0) is 24.4 Å². The zero-order valence-corrected chi connectivity index (χ0v) is 10.4. The van der Waals surface area contributed by atoms with Crippen molar-refractivity contribution in [2.24, 2.45) is 4.99 Å². The van der Waals surface area contributed by atoms with Gasteiger partial charge in [0.2, 0.25) is 0 Å². The van der Waals surface area contributed by atoms with Gasteiger partial charge in [0.25, 0.3) is 0 Å². The Bertz CT molecular complexity index is 556. The van der Waals surface area contributed by atoms with Crippen LogP contribution in [0.3, 0.4) is 0 Å². The summed E-state index contributed by atoms with van der Waals surface area (Å²) in [5.74, 6) is 0. The quantitative estimate of drug-likeness (QED) is 0.665. The largest absolute Gasteiger partial charge is 0.375 e. The summed E-state index contributed by atoms with van der Waals surface area (Å²) in [4.78, 5) is 8.14. The Labute approximate surface area is 107 Å². The summed E-state index contributed by atoms with van der Waals surface area (Å²) in [5, 5.41) is 4.10. The molecule has 80 valence electrons. The number of thiazole rings is 1. The van der Waals surface area contributed by atoms with Crippen molar-refractivity contribution in [2.45, 2.75) is 0 Å². The van der Waals surface area contributed by atoms with Crippen molar-refractivity contribution < 1.29 is 0 Å². The Kier molecular flexibility index (Phi) is 3.31. The molecule has 0 spiro atoms. The van der Waals surface area contributed by atoms with Crippen LogP contribution in [0.4, 0.5) is 10.1 Å². The smallest absolute Gasteiger partial charge is 0.182 e. The summed E-state index contributed by atoms with van der Waals surface area (Å²) in [5.41, 5.74) is 7.25. The molecule has 1 aromatic heterocycles. The number of isothiocyanates is 1. The molecule has 0 aliphatic carbocycles. The van der Waals surface area contributed by atoms with Gasteiger partial charge in [-0.15, -0.1) is 0 Å². The van der Waals surface area contributed by atoms with Gasteiger partial charge < -0.3 is 5.73 Å². The molecule has 0 atom stereocenters. The van der Waals surface area contributed by atoms with E-state index in [1.165, 1.54) is 11.3 Å². The van der Waals surface area contributed by atoms with Gasteiger partial charge in [-0.3, -0.25) is 0 Å². The van der Waals surface area contributed by atoms with Gasteiger partial charge in [0.05, 0.1) is 5.16 Å². The Morgan fingerprint density at radius 1 is 1.38 bits per heavy atom. The molecule has 2 N–H and O–H groups in total. The zero-order chi connectivity index (χ0) is 11.5. The number of hydrogen-bond acceptors (Lipinski definition) is 5. The van der Waals surface area contributed by atoms with Crippen LogP contribution in [0, 0.1) is 0 Å². The third-order valence-electron chi connectivity index (χ3n) is 1.89. The van der Waals surface area contributed by atoms with E-state index >= 15 is 0 Å². The lowest BCUT2D eigenvalue weighted by molar-refractivity contribution is 1.40. The molecule has 2 rings (SSSR count). The van der Waals surface area contributed by atoms with Gasteiger partial charge in [0.1, 0.15) is 5.69 Å². The zero-order valence-electron chi connectivity index (χ0n) is 7.98. The van der Waals surface area contributed by atoms with Crippen LogP contribution >= 0.6 is 35.2 Å². The lowest BCUT2D eigenvalue weighted by Crippen LogP contribution is -1.82.